The van der Waals surface area contributed by atoms with E-state index in [-0.39, 0.29) is 0 Å². The lowest BCUT2D eigenvalue weighted by molar-refractivity contribution is -0.159. The number of aryl methyl sites for hydroxylation is 1. The molecule has 4 aromatic rings. The molecule has 212 valence electrons. The number of aliphatic hydroxyl groups is 1. The summed E-state index contributed by atoms with van der Waals surface area (Å²) in [6, 6.07) is 21.5. The molecule has 1 saturated heterocycles. The molecule has 9 nitrogen and oxygen atoms in total. The van der Waals surface area contributed by atoms with Crippen molar-refractivity contribution in [1.29, 1.82) is 0 Å². The molecule has 0 bridgehead atoms. The Kier molecular flexibility index (Phi) is 9.29. The van der Waals surface area contributed by atoms with Crippen molar-refractivity contribution in [2.24, 2.45) is 0 Å². The number of aromatic nitrogens is 1. The first-order valence-electron chi connectivity index (χ1n) is 13.3. The number of likely N-dealkylation sites (tertiary alicyclic amines) is 1. The largest absolute Gasteiger partial charge is 0.496 e. The van der Waals surface area contributed by atoms with Crippen molar-refractivity contribution >= 4 is 33.6 Å². The van der Waals surface area contributed by atoms with Crippen molar-refractivity contribution in [3.63, 3.8) is 0 Å². The summed E-state index contributed by atoms with van der Waals surface area (Å²) in [6.07, 6.45) is 1.63. The van der Waals surface area contributed by atoms with Crippen LogP contribution in [0.4, 0.5) is 0 Å². The molecule has 0 spiro atoms. The molecule has 0 radical (unpaired) electrons. The first kappa shape index (κ1) is 28.9. The monoisotopic (exact) mass is 548 g/mol. The van der Waals surface area contributed by atoms with Gasteiger partial charge in [0.25, 0.3) is 0 Å². The number of aliphatic hydroxyl groups excluding tert-OH is 1. The zero-order valence-electron chi connectivity index (χ0n) is 23.0. The number of nitrogens with one attached hydrogen (secondary N) is 1. The molecule has 0 unspecified atom stereocenters. The van der Waals surface area contributed by atoms with Crippen molar-refractivity contribution in [2.75, 3.05) is 26.8 Å². The highest BCUT2D eigenvalue weighted by Gasteiger charge is 2.28. The van der Waals surface area contributed by atoms with Crippen LogP contribution in [0.3, 0.4) is 0 Å². The van der Waals surface area contributed by atoms with Gasteiger partial charge in [-0.05, 0) is 80.4 Å². The van der Waals surface area contributed by atoms with Crippen LogP contribution in [-0.2, 0) is 9.59 Å². The molecular formula is C31H36N2O7. The van der Waals surface area contributed by atoms with Crippen molar-refractivity contribution in [2.45, 2.75) is 44.8 Å². The number of benzene rings is 3. The Morgan fingerprint density at radius 1 is 1.02 bits per heavy atom. The second-order valence-electron chi connectivity index (χ2n) is 10.3. The fourth-order valence-electron chi connectivity index (χ4n) is 5.39. The highest BCUT2D eigenvalue weighted by atomic mass is 16.5. The molecule has 2 heterocycles. The van der Waals surface area contributed by atoms with Gasteiger partial charge in [0.15, 0.2) is 0 Å². The Bertz CT molecular complexity index is 1470. The zero-order valence-corrected chi connectivity index (χ0v) is 23.0. The lowest BCUT2D eigenvalue weighted by atomic mass is 9.85. The number of aromatic amines is 1. The number of carboxylic acids is 2. The van der Waals surface area contributed by atoms with Gasteiger partial charge >= 0.3 is 11.9 Å². The molecule has 0 saturated carbocycles. The summed E-state index contributed by atoms with van der Waals surface area (Å²) in [7, 11) is 1.73. The number of hydrogen-bond acceptors (Lipinski definition) is 6. The van der Waals surface area contributed by atoms with E-state index in [0.717, 1.165) is 47.5 Å². The fraction of sp³-hybridized carbons (Fsp3) is 0.355. The minimum Gasteiger partial charge on any atom is -0.496 e. The number of H-pyrrole nitrogens is 1. The molecular weight excluding hydrogens is 512 g/mol. The lowest BCUT2D eigenvalue weighted by Crippen LogP contribution is -2.45. The first-order chi connectivity index (χ1) is 19.2. The van der Waals surface area contributed by atoms with Gasteiger partial charge in [-0.3, -0.25) is 4.90 Å². The van der Waals surface area contributed by atoms with Gasteiger partial charge < -0.3 is 29.8 Å². The number of ether oxygens (including phenoxy) is 2. The predicted molar refractivity (Wildman–Crippen MR) is 153 cm³/mol. The number of rotatable bonds is 7. The zero-order chi connectivity index (χ0) is 28.8. The highest BCUT2D eigenvalue weighted by molar-refractivity contribution is 6.27. The number of aliphatic carboxylic acids is 2. The normalized spacial score (nSPS) is 18.1. The second-order valence-corrected chi connectivity index (χ2v) is 10.3. The minimum atomic E-state index is -1.82. The Hall–Kier alpha value is -4.08. The molecule has 40 heavy (non-hydrogen) atoms. The second kappa shape index (κ2) is 12.8. The third-order valence-corrected chi connectivity index (χ3v) is 7.39. The predicted octanol–water partition coefficient (Wildman–Crippen LogP) is 4.80. The summed E-state index contributed by atoms with van der Waals surface area (Å²) in [5.41, 5.74) is 3.54. The minimum absolute atomic E-state index is 0.292. The van der Waals surface area contributed by atoms with Gasteiger partial charge in [-0.25, -0.2) is 9.59 Å². The summed E-state index contributed by atoms with van der Waals surface area (Å²) in [4.78, 5) is 23.9. The molecule has 5 rings (SSSR count). The number of methoxy groups -OCH3 is 1. The van der Waals surface area contributed by atoms with E-state index in [1.807, 2.05) is 37.3 Å². The van der Waals surface area contributed by atoms with Gasteiger partial charge in [0.2, 0.25) is 0 Å². The van der Waals surface area contributed by atoms with Crippen LogP contribution in [0.15, 0.2) is 60.7 Å². The molecule has 3 atom stereocenters. The molecule has 4 N–H and O–H groups in total. The van der Waals surface area contributed by atoms with Crippen molar-refractivity contribution in [3.8, 4) is 11.5 Å². The molecule has 1 fully saturated rings. The van der Waals surface area contributed by atoms with Gasteiger partial charge in [-0.15, -0.1) is 0 Å². The van der Waals surface area contributed by atoms with Gasteiger partial charge in [0.05, 0.1) is 7.11 Å². The summed E-state index contributed by atoms with van der Waals surface area (Å²) in [5, 5.41) is 29.0. The van der Waals surface area contributed by atoms with E-state index in [4.69, 9.17) is 29.3 Å². The number of hydrogen-bond donors (Lipinski definition) is 4. The van der Waals surface area contributed by atoms with Crippen molar-refractivity contribution < 1.29 is 34.4 Å². The van der Waals surface area contributed by atoms with Crippen molar-refractivity contribution in [1.82, 2.24) is 9.88 Å². The first-order valence-corrected chi connectivity index (χ1v) is 13.3. The molecule has 9 heteroatoms. The van der Waals surface area contributed by atoms with Crippen LogP contribution in [0.2, 0.25) is 0 Å². The van der Waals surface area contributed by atoms with E-state index in [9.17, 15) is 5.11 Å². The molecule has 1 aromatic heterocycles. The number of piperidine rings is 1. The maximum absolute atomic E-state index is 10.7. The summed E-state index contributed by atoms with van der Waals surface area (Å²) < 4.78 is 11.6. The maximum atomic E-state index is 10.7. The summed E-state index contributed by atoms with van der Waals surface area (Å²) in [5.74, 6) is -1.38. The van der Waals surface area contributed by atoms with Crippen LogP contribution < -0.4 is 9.47 Å². The smallest absolute Gasteiger partial charge is 0.414 e. The van der Waals surface area contributed by atoms with Gasteiger partial charge in [0.1, 0.15) is 24.2 Å². The number of fused-ring (bicyclic) bond motifs is 2. The molecule has 3 aromatic carbocycles. The van der Waals surface area contributed by atoms with E-state index in [0.29, 0.717) is 25.1 Å². The van der Waals surface area contributed by atoms with E-state index >= 15 is 0 Å². The standard InChI is InChI=1S/C29H34N2O3.C2H2O4/c1-19-14-26-27(30-19)7-5-9-29(26)34-18-24(32)17-31-13-12-23(15-20(31)2)22-11-10-21-6-4-8-28(33-3)25(21)16-22;3-1(4)2(5)6/h4-11,14,16,20,23-24,30,32H,12-13,15,17-18H2,1-3H3;(H,3,4)(H,5,6)/t20-,23-,24-;/m0./s1. The fourth-order valence-corrected chi connectivity index (χ4v) is 5.39. The average Bonchev–Trinajstić information content (AvgIpc) is 3.33. The Labute approximate surface area is 232 Å². The quantitative estimate of drug-likeness (QED) is 0.242. The average molecular weight is 549 g/mol. The summed E-state index contributed by atoms with van der Waals surface area (Å²) in [6.45, 7) is 6.20. The molecule has 1 aliphatic heterocycles. The molecule has 0 amide bonds. The molecule has 0 aliphatic carbocycles. The summed E-state index contributed by atoms with van der Waals surface area (Å²) >= 11 is 0. The van der Waals surface area contributed by atoms with Crippen LogP contribution in [0.25, 0.3) is 21.7 Å². The van der Waals surface area contributed by atoms with E-state index in [1.165, 1.54) is 16.3 Å². The van der Waals surface area contributed by atoms with Crippen LogP contribution in [0, 0.1) is 6.92 Å². The Morgan fingerprint density at radius 2 is 1.75 bits per heavy atom. The van der Waals surface area contributed by atoms with Crippen molar-refractivity contribution in [3.05, 3.63) is 71.9 Å². The Balaban J connectivity index is 0.000000557. The van der Waals surface area contributed by atoms with Crippen LogP contribution in [0.1, 0.15) is 36.9 Å². The molecule has 1 aliphatic rings. The number of β-amino-alcohol motifs (C(OH)–C–C–N with tert-alkyl or cyclic N) is 1. The van der Waals surface area contributed by atoms with E-state index in [1.54, 1.807) is 7.11 Å². The highest BCUT2D eigenvalue weighted by Crippen LogP contribution is 2.35. The Morgan fingerprint density at radius 3 is 2.45 bits per heavy atom. The SMILES string of the molecule is COc1cccc2ccc([C@H]3CCN(C[C@H](O)COc4cccc5[nH]c(C)cc45)[C@@H](C)C3)cc12.O=C(O)C(=O)O. The number of carboxylic acid groups (broad SMARTS) is 2. The maximum Gasteiger partial charge on any atom is 0.414 e. The van der Waals surface area contributed by atoms with E-state index < -0.39 is 18.0 Å². The van der Waals surface area contributed by atoms with Crippen LogP contribution >= 0.6 is 0 Å². The topological polar surface area (TPSA) is 132 Å². The van der Waals surface area contributed by atoms with Gasteiger partial charge in [-0.1, -0.05) is 30.3 Å². The number of carbonyl (C=O) groups is 2. The van der Waals surface area contributed by atoms with Crippen LogP contribution in [0.5, 0.6) is 11.5 Å². The van der Waals surface area contributed by atoms with Crippen LogP contribution in [-0.4, -0.2) is 76.1 Å². The number of nitrogens with zero attached hydrogens (tertiary/aromatic N) is 1. The lowest BCUT2D eigenvalue weighted by Gasteiger charge is -2.39. The third-order valence-electron chi connectivity index (χ3n) is 7.39. The van der Waals surface area contributed by atoms with E-state index in [2.05, 4.69) is 47.1 Å². The van der Waals surface area contributed by atoms with Gasteiger partial charge in [0, 0.05) is 34.6 Å². The van der Waals surface area contributed by atoms with Gasteiger partial charge in [-0.2, -0.15) is 0 Å². The third kappa shape index (κ3) is 6.91.